The van der Waals surface area contributed by atoms with Gasteiger partial charge in [0.25, 0.3) is 0 Å². The molecule has 0 unspecified atom stereocenters. The van der Waals surface area contributed by atoms with Crippen LogP contribution < -0.4 is 10.1 Å². The van der Waals surface area contributed by atoms with E-state index in [1.165, 1.54) is 6.07 Å². The van der Waals surface area contributed by atoms with E-state index in [4.69, 9.17) is 24.0 Å². The number of rotatable bonds is 6. The summed E-state index contributed by atoms with van der Waals surface area (Å²) in [6.07, 6.45) is 3.66. The van der Waals surface area contributed by atoms with Crippen molar-refractivity contribution >= 4 is 28.9 Å². The third-order valence-corrected chi connectivity index (χ3v) is 4.88. The normalized spacial score (nSPS) is 15.3. The molecule has 1 N–H and O–H groups in total. The number of carbonyl (C=O) groups is 1. The van der Waals surface area contributed by atoms with Gasteiger partial charge in [-0.25, -0.2) is 0 Å². The van der Waals surface area contributed by atoms with Crippen LogP contribution >= 0.6 is 11.6 Å². The Balaban J connectivity index is 1.79. The van der Waals surface area contributed by atoms with Crippen molar-refractivity contribution in [2.75, 3.05) is 12.4 Å². The van der Waals surface area contributed by atoms with E-state index in [1.54, 1.807) is 29.2 Å². The van der Waals surface area contributed by atoms with E-state index in [-0.39, 0.29) is 46.6 Å². The van der Waals surface area contributed by atoms with Crippen LogP contribution in [0.4, 0.5) is 11.4 Å². The van der Waals surface area contributed by atoms with Crippen molar-refractivity contribution in [2.45, 2.75) is 18.9 Å². The Hall–Kier alpha value is -2.58. The first-order chi connectivity index (χ1) is 14.7. The Morgan fingerprint density at radius 3 is 3.00 bits per heavy atom. The second-order valence-electron chi connectivity index (χ2n) is 6.05. The summed E-state index contributed by atoms with van der Waals surface area (Å²) in [4.78, 5) is 16.4. The summed E-state index contributed by atoms with van der Waals surface area (Å²) in [7, 11) is -2.74. The first kappa shape index (κ1) is 15.4. The Bertz CT molecular complexity index is 1140. The molecule has 0 aliphatic heterocycles. The van der Waals surface area contributed by atoms with Gasteiger partial charge in [0, 0.05) is 0 Å². The van der Waals surface area contributed by atoms with Gasteiger partial charge in [-0.15, -0.1) is 0 Å². The van der Waals surface area contributed by atoms with Crippen LogP contribution in [-0.2, 0) is 22.2 Å². The molecule has 1 fully saturated rings. The van der Waals surface area contributed by atoms with E-state index >= 15 is 0 Å². The van der Waals surface area contributed by atoms with Gasteiger partial charge in [0.1, 0.15) is 0 Å². The number of halogens is 1. The van der Waals surface area contributed by atoms with Crippen molar-refractivity contribution in [2.24, 2.45) is 0 Å². The average Bonchev–Trinajstić information content (AvgIpc) is 3.45. The van der Waals surface area contributed by atoms with Crippen LogP contribution in [0, 0.1) is 0 Å². The number of hydrogen-bond acceptors (Lipinski definition) is 8. The number of nitrogens with one attached hydrogen (secondary N) is 1. The zero-order chi connectivity index (χ0) is 22.2. The number of methoxy groups -OCH3 is 1. The number of benzene rings is 1. The summed E-state index contributed by atoms with van der Waals surface area (Å²) >= 11 is 6.21. The quantitative estimate of drug-likeness (QED) is 0.567. The number of para-hydroxylation sites is 1. The summed E-state index contributed by atoms with van der Waals surface area (Å²) in [5, 5.41) is 14.9. The summed E-state index contributed by atoms with van der Waals surface area (Å²) < 4.78 is 34.7. The van der Waals surface area contributed by atoms with E-state index < -0.39 is 13.0 Å². The Morgan fingerprint density at radius 1 is 1.39 bits per heavy atom. The van der Waals surface area contributed by atoms with Crippen LogP contribution in [0.25, 0.3) is 11.4 Å². The molecule has 0 radical (unpaired) electrons. The Morgan fingerprint density at radius 2 is 2.25 bits per heavy atom. The monoisotopic (exact) mass is 452 g/mol. The van der Waals surface area contributed by atoms with Crippen molar-refractivity contribution < 1.29 is 35.9 Å². The fraction of sp³-hybridized carbons (Fsp3) is 0.235. The fourth-order valence-corrected chi connectivity index (χ4v) is 3.10. The molecular formula is C17H14ClN6O3Zn. The summed E-state index contributed by atoms with van der Waals surface area (Å²) in [6, 6.07) is 6.62. The van der Waals surface area contributed by atoms with Gasteiger partial charge in [-0.05, 0) is 12.8 Å². The zero-order valence-electron chi connectivity index (χ0n) is 17.4. The molecule has 1 aliphatic carbocycles. The average molecular weight is 454 g/mol. The predicted molar refractivity (Wildman–Crippen MR) is 96.0 cm³/mol. The molecule has 1 aliphatic rings. The number of anilines is 2. The van der Waals surface area contributed by atoms with Gasteiger partial charge in [0.2, 0.25) is 0 Å². The van der Waals surface area contributed by atoms with Gasteiger partial charge >= 0.3 is 167 Å². The van der Waals surface area contributed by atoms with Crippen molar-refractivity contribution in [3.8, 4) is 17.1 Å². The van der Waals surface area contributed by atoms with Crippen LogP contribution in [0.15, 0.2) is 30.6 Å². The number of hydrogen-bond donors (Lipinski definition) is 1. The second kappa shape index (κ2) is 7.81. The van der Waals surface area contributed by atoms with E-state index in [9.17, 15) is 4.79 Å². The Kier molecular flexibility index (Phi) is 4.28. The number of nitrogens with zero attached hydrogens (tertiary/aromatic N) is 5. The van der Waals surface area contributed by atoms with Crippen LogP contribution in [-0.4, -0.2) is 38.0 Å². The summed E-state index contributed by atoms with van der Waals surface area (Å²) in [5.74, 6) is -0.376. The molecule has 9 nitrogen and oxygen atoms in total. The summed E-state index contributed by atoms with van der Waals surface area (Å²) in [5.41, 5.74) is 0.709. The van der Waals surface area contributed by atoms with Gasteiger partial charge in [0.05, 0.1) is 0 Å². The molecule has 11 heteroatoms. The van der Waals surface area contributed by atoms with Crippen LogP contribution in [0.1, 0.15) is 33.5 Å². The molecule has 2 heterocycles. The van der Waals surface area contributed by atoms with Crippen LogP contribution in [0.3, 0.4) is 0 Å². The topological polar surface area (TPSA) is 104 Å². The van der Waals surface area contributed by atoms with E-state index in [0.717, 1.165) is 12.8 Å². The SMILES string of the molecule is [2H]C([2H])([2H])Oc1c(Nc2cc(Cl)nnc2C(=O)[O][Zn])cccc1-c1ncn(C2CC2)n1. The zero-order valence-corrected chi connectivity index (χ0v) is 18.1. The van der Waals surface area contributed by atoms with Crippen molar-refractivity contribution in [3.63, 3.8) is 0 Å². The minimum absolute atomic E-state index is 0.00626. The van der Waals surface area contributed by atoms with Crippen molar-refractivity contribution in [1.82, 2.24) is 25.0 Å². The molecule has 3 aromatic rings. The Labute approximate surface area is 179 Å². The van der Waals surface area contributed by atoms with Crippen LogP contribution in [0.2, 0.25) is 5.15 Å². The second-order valence-corrected chi connectivity index (χ2v) is 7.04. The molecule has 139 valence electrons. The van der Waals surface area contributed by atoms with Gasteiger partial charge in [-0.1, -0.05) is 0 Å². The van der Waals surface area contributed by atoms with E-state index in [0.29, 0.717) is 17.4 Å². The molecule has 0 amide bonds. The van der Waals surface area contributed by atoms with E-state index in [2.05, 4.69) is 25.6 Å². The predicted octanol–water partition coefficient (Wildman–Crippen LogP) is 3.09. The third kappa shape index (κ3) is 3.70. The molecule has 0 atom stereocenters. The maximum absolute atomic E-state index is 12.1. The standard InChI is InChI=1S/C17H15ClN6O3.Zn/c1-27-15-10(16-19-8-24(23-16)9-5-6-9)3-2-4-11(15)20-12-7-13(18)21-22-14(12)17(25)26;/h2-4,7-9H,5-6H2,1H3,(H,20,21)(H,25,26);/q;+1/p-1/i1D3;. The molecular weight excluding hydrogens is 437 g/mol. The van der Waals surface area contributed by atoms with Gasteiger partial charge in [-0.3, -0.25) is 0 Å². The molecule has 1 saturated carbocycles. The number of carbonyl (C=O) groups excluding carboxylic acids is 1. The van der Waals surface area contributed by atoms with E-state index in [1.807, 2.05) is 0 Å². The summed E-state index contributed by atoms with van der Waals surface area (Å²) in [6.45, 7) is 0. The molecule has 4 rings (SSSR count). The maximum atomic E-state index is 12.1. The number of ether oxygens (including phenoxy) is 1. The molecule has 0 spiro atoms. The molecule has 0 bridgehead atoms. The first-order valence-electron chi connectivity index (χ1n) is 9.75. The molecule has 28 heavy (non-hydrogen) atoms. The van der Waals surface area contributed by atoms with Crippen molar-refractivity contribution in [3.05, 3.63) is 41.4 Å². The van der Waals surface area contributed by atoms with Gasteiger partial charge in [0.15, 0.2) is 0 Å². The van der Waals surface area contributed by atoms with Gasteiger partial charge in [-0.2, -0.15) is 0 Å². The molecule has 0 saturated heterocycles. The fourth-order valence-electron chi connectivity index (χ4n) is 2.66. The van der Waals surface area contributed by atoms with Crippen LogP contribution in [0.5, 0.6) is 5.75 Å². The minimum atomic E-state index is -2.74. The third-order valence-electron chi connectivity index (χ3n) is 4.15. The number of aromatic nitrogens is 5. The molecule has 1 aromatic carbocycles. The molecule has 2 aromatic heterocycles. The first-order valence-corrected chi connectivity index (χ1v) is 9.84. The van der Waals surface area contributed by atoms with Gasteiger partial charge < -0.3 is 0 Å². The van der Waals surface area contributed by atoms with Crippen molar-refractivity contribution in [1.29, 1.82) is 0 Å².